The zero-order valence-corrected chi connectivity index (χ0v) is 16.4. The van der Waals surface area contributed by atoms with Crippen LogP contribution < -0.4 is 0 Å². The molecule has 30 heavy (non-hydrogen) atoms. The molecule has 0 aliphatic heterocycles. The van der Waals surface area contributed by atoms with Crippen molar-refractivity contribution in [3.63, 3.8) is 0 Å². The average Bonchev–Trinajstić information content (AvgIpc) is 3.01. The molecule has 0 aliphatic carbocycles. The van der Waals surface area contributed by atoms with Crippen LogP contribution >= 0.6 is 11.6 Å². The molecule has 1 amide bonds. The molecule has 0 atom stereocenters. The van der Waals surface area contributed by atoms with Crippen LogP contribution in [-0.2, 0) is 13.1 Å². The number of amides is 1. The second kappa shape index (κ2) is 7.56. The van der Waals surface area contributed by atoms with E-state index in [9.17, 15) is 18.0 Å². The molecule has 0 bridgehead atoms. The van der Waals surface area contributed by atoms with Crippen LogP contribution in [0.15, 0.2) is 49.1 Å². The first kappa shape index (κ1) is 20.1. The summed E-state index contributed by atoms with van der Waals surface area (Å²) in [5, 5.41) is 0.324. The van der Waals surface area contributed by atoms with Gasteiger partial charge in [-0.05, 0) is 35.9 Å². The van der Waals surface area contributed by atoms with Crippen LogP contribution in [-0.4, -0.2) is 43.6 Å². The number of rotatable bonds is 4. The molecule has 4 aromatic rings. The number of hydrogen-bond acceptors (Lipinski definition) is 4. The Kier molecular flexibility index (Phi) is 5.07. The lowest BCUT2D eigenvalue weighted by atomic mass is 10.1. The van der Waals surface area contributed by atoms with E-state index >= 15 is 0 Å². The molecule has 0 radical (unpaired) electrons. The fraction of sp³-hybridized carbons (Fsp3) is 0.200. The third kappa shape index (κ3) is 3.80. The molecule has 0 aliphatic rings. The lowest BCUT2D eigenvalue weighted by Gasteiger charge is -2.17. The Morgan fingerprint density at radius 1 is 1.17 bits per heavy atom. The van der Waals surface area contributed by atoms with Crippen LogP contribution in [0.5, 0.6) is 0 Å². The van der Waals surface area contributed by atoms with Gasteiger partial charge >= 0.3 is 6.18 Å². The topological polar surface area (TPSA) is 63.9 Å². The summed E-state index contributed by atoms with van der Waals surface area (Å²) in [6.45, 7) is -0.876. The summed E-state index contributed by atoms with van der Waals surface area (Å²) >= 11 is 6.09. The highest BCUT2D eigenvalue weighted by atomic mass is 35.5. The minimum Gasteiger partial charge on any atom is -0.337 e. The molecule has 4 rings (SSSR count). The first-order chi connectivity index (χ1) is 14.2. The van der Waals surface area contributed by atoms with Gasteiger partial charge in [-0.3, -0.25) is 9.78 Å². The summed E-state index contributed by atoms with van der Waals surface area (Å²) in [4.78, 5) is 26.3. The van der Waals surface area contributed by atoms with Gasteiger partial charge in [-0.2, -0.15) is 13.2 Å². The maximum atomic E-state index is 13.2. The summed E-state index contributed by atoms with van der Waals surface area (Å²) in [6, 6.07) is 8.12. The first-order valence-corrected chi connectivity index (χ1v) is 9.26. The Hall–Kier alpha value is -3.20. The molecule has 3 heterocycles. The van der Waals surface area contributed by atoms with E-state index in [2.05, 4.69) is 15.0 Å². The van der Waals surface area contributed by atoms with Crippen molar-refractivity contribution in [1.29, 1.82) is 0 Å². The van der Waals surface area contributed by atoms with Gasteiger partial charge in [0, 0.05) is 36.9 Å². The molecule has 0 fully saturated rings. The SMILES string of the molecule is CN(Cc1ccncc1)C(=O)c1ccc2c(c1)c1ncnc(Cl)c1n2CC(F)(F)F. The molecule has 154 valence electrons. The normalized spacial score (nSPS) is 11.9. The van der Waals surface area contributed by atoms with Crippen LogP contribution in [0.4, 0.5) is 13.2 Å². The Morgan fingerprint density at radius 2 is 1.90 bits per heavy atom. The predicted octanol–water partition coefficient (Wildman–Crippen LogP) is 4.47. The second-order valence-electron chi connectivity index (χ2n) is 6.81. The lowest BCUT2D eigenvalue weighted by Crippen LogP contribution is -2.26. The minimum absolute atomic E-state index is 0.0804. The van der Waals surface area contributed by atoms with Crippen molar-refractivity contribution in [2.75, 3.05) is 7.05 Å². The van der Waals surface area contributed by atoms with Crippen LogP contribution in [0.2, 0.25) is 5.15 Å². The fourth-order valence-electron chi connectivity index (χ4n) is 3.41. The largest absolute Gasteiger partial charge is 0.406 e. The summed E-state index contributed by atoms with van der Waals surface area (Å²) in [5.74, 6) is -0.273. The quantitative estimate of drug-likeness (QED) is 0.445. The van der Waals surface area contributed by atoms with Gasteiger partial charge in [-0.25, -0.2) is 9.97 Å². The highest BCUT2D eigenvalue weighted by molar-refractivity contribution is 6.34. The number of carbonyl (C=O) groups is 1. The molecular formula is C20H15ClF3N5O. The lowest BCUT2D eigenvalue weighted by molar-refractivity contribution is -0.139. The van der Waals surface area contributed by atoms with Crippen molar-refractivity contribution in [2.24, 2.45) is 0 Å². The monoisotopic (exact) mass is 433 g/mol. The van der Waals surface area contributed by atoms with E-state index in [1.165, 1.54) is 23.4 Å². The number of fused-ring (bicyclic) bond motifs is 3. The molecular weight excluding hydrogens is 419 g/mol. The Bertz CT molecular complexity index is 1240. The maximum Gasteiger partial charge on any atom is 0.406 e. The first-order valence-electron chi connectivity index (χ1n) is 8.88. The number of pyridine rings is 1. The molecule has 0 spiro atoms. The maximum absolute atomic E-state index is 13.2. The van der Waals surface area contributed by atoms with E-state index in [4.69, 9.17) is 11.6 Å². The highest BCUT2D eigenvalue weighted by Crippen LogP contribution is 2.34. The summed E-state index contributed by atoms with van der Waals surface area (Å²) in [7, 11) is 1.65. The van der Waals surface area contributed by atoms with Gasteiger partial charge in [0.05, 0.1) is 5.52 Å². The summed E-state index contributed by atoms with van der Waals surface area (Å²) in [6.07, 6.45) is 0.000708. The van der Waals surface area contributed by atoms with Crippen LogP contribution in [0.3, 0.4) is 0 Å². The number of halogens is 4. The van der Waals surface area contributed by atoms with Gasteiger partial charge in [0.1, 0.15) is 23.9 Å². The van der Waals surface area contributed by atoms with Gasteiger partial charge in [0.2, 0.25) is 0 Å². The van der Waals surface area contributed by atoms with Gasteiger partial charge in [0.15, 0.2) is 5.15 Å². The van der Waals surface area contributed by atoms with E-state index in [-0.39, 0.29) is 27.6 Å². The Labute approximate surface area is 173 Å². The van der Waals surface area contributed by atoms with Gasteiger partial charge in [0.25, 0.3) is 5.91 Å². The van der Waals surface area contributed by atoms with E-state index in [1.807, 2.05) is 0 Å². The van der Waals surface area contributed by atoms with Gasteiger partial charge in [-0.15, -0.1) is 0 Å². The van der Waals surface area contributed by atoms with Gasteiger partial charge in [-0.1, -0.05) is 11.6 Å². The molecule has 3 aromatic heterocycles. The summed E-state index contributed by atoms with van der Waals surface area (Å²) in [5.41, 5.74) is 1.86. The third-order valence-electron chi connectivity index (χ3n) is 4.69. The van der Waals surface area contributed by atoms with Crippen LogP contribution in [0, 0.1) is 0 Å². The van der Waals surface area contributed by atoms with Gasteiger partial charge < -0.3 is 9.47 Å². The second-order valence-corrected chi connectivity index (χ2v) is 7.17. The fourth-order valence-corrected chi connectivity index (χ4v) is 3.64. The van der Waals surface area contributed by atoms with E-state index < -0.39 is 12.7 Å². The number of alkyl halides is 3. The number of nitrogens with zero attached hydrogens (tertiary/aromatic N) is 5. The number of benzene rings is 1. The van der Waals surface area contributed by atoms with Crippen molar-refractivity contribution in [1.82, 2.24) is 24.4 Å². The van der Waals surface area contributed by atoms with E-state index in [0.29, 0.717) is 17.5 Å². The van der Waals surface area contributed by atoms with Crippen molar-refractivity contribution >= 4 is 39.4 Å². The minimum atomic E-state index is -4.46. The smallest absolute Gasteiger partial charge is 0.337 e. The molecule has 0 saturated heterocycles. The molecule has 0 unspecified atom stereocenters. The number of aromatic nitrogens is 4. The molecule has 1 aromatic carbocycles. The van der Waals surface area contributed by atoms with Crippen molar-refractivity contribution in [3.05, 3.63) is 65.3 Å². The number of hydrogen-bond donors (Lipinski definition) is 0. The van der Waals surface area contributed by atoms with E-state index in [1.54, 1.807) is 37.6 Å². The standard InChI is InChI=1S/C20H15ClF3N5O/c1-28(9-12-4-6-25-7-5-12)19(30)13-2-3-15-14(8-13)16-17(18(21)27-11-26-16)29(15)10-20(22,23)24/h2-8,11H,9-10H2,1H3. The molecule has 0 saturated carbocycles. The Balaban J connectivity index is 1.78. The zero-order chi connectivity index (χ0) is 21.5. The van der Waals surface area contributed by atoms with Crippen molar-refractivity contribution < 1.29 is 18.0 Å². The highest BCUT2D eigenvalue weighted by Gasteiger charge is 2.31. The summed E-state index contributed by atoms with van der Waals surface area (Å²) < 4.78 is 40.5. The van der Waals surface area contributed by atoms with Crippen molar-refractivity contribution in [2.45, 2.75) is 19.3 Å². The zero-order valence-electron chi connectivity index (χ0n) is 15.7. The molecule has 0 N–H and O–H groups in total. The number of carbonyl (C=O) groups excluding carboxylic acids is 1. The molecule has 6 nitrogen and oxygen atoms in total. The third-order valence-corrected chi connectivity index (χ3v) is 4.97. The van der Waals surface area contributed by atoms with Crippen molar-refractivity contribution in [3.8, 4) is 0 Å². The molecule has 10 heteroatoms. The average molecular weight is 434 g/mol. The van der Waals surface area contributed by atoms with Crippen LogP contribution in [0.25, 0.3) is 21.9 Å². The Morgan fingerprint density at radius 3 is 2.60 bits per heavy atom. The van der Waals surface area contributed by atoms with E-state index in [0.717, 1.165) is 10.1 Å². The van der Waals surface area contributed by atoms with Crippen LogP contribution in [0.1, 0.15) is 15.9 Å². The predicted molar refractivity (Wildman–Crippen MR) is 106 cm³/mol.